The molecule has 0 unspecified atom stereocenters. The largest absolute Gasteiger partial charge is 0.489 e. The van der Waals surface area contributed by atoms with E-state index in [0.29, 0.717) is 6.61 Å². The summed E-state index contributed by atoms with van der Waals surface area (Å²) in [5.74, 6) is 0.695. The normalized spacial score (nSPS) is 10.3. The van der Waals surface area contributed by atoms with Crippen LogP contribution < -0.4 is 19.5 Å². The molecular weight excluding hydrogens is 338 g/mol. The minimum atomic E-state index is -0.0736. The first-order valence-electron chi connectivity index (χ1n) is 8.83. The monoisotopic (exact) mass is 362 g/mol. The molecule has 0 aliphatic heterocycles. The maximum Gasteiger partial charge on any atom is 0.290 e. The molecule has 2 aromatic carbocycles. The zero-order chi connectivity index (χ0) is 19.1. The van der Waals surface area contributed by atoms with Gasteiger partial charge in [-0.1, -0.05) is 30.3 Å². The molecule has 3 rings (SSSR count). The standard InChI is InChI=1S/C22H23N3O2/c1-24(2)20-12-14-25(15-13-20)16-22(26)23-19-8-10-21(11-9-19)27-17-18-6-4-3-5-7-18/h3-15H,16-17H2,1-2H3/p+1. The molecule has 0 atom stereocenters. The zero-order valence-corrected chi connectivity index (χ0v) is 15.6. The molecule has 0 fully saturated rings. The number of rotatable bonds is 7. The van der Waals surface area contributed by atoms with Gasteiger partial charge in [-0.3, -0.25) is 4.79 Å². The summed E-state index contributed by atoms with van der Waals surface area (Å²) >= 11 is 0. The van der Waals surface area contributed by atoms with Gasteiger partial charge in [-0.25, -0.2) is 0 Å². The third-order valence-corrected chi connectivity index (χ3v) is 4.10. The van der Waals surface area contributed by atoms with Gasteiger partial charge in [0.15, 0.2) is 12.4 Å². The van der Waals surface area contributed by atoms with E-state index in [0.717, 1.165) is 22.7 Å². The predicted octanol–water partition coefficient (Wildman–Crippen LogP) is 3.26. The number of nitrogens with one attached hydrogen (secondary N) is 1. The average Bonchev–Trinajstić information content (AvgIpc) is 2.68. The van der Waals surface area contributed by atoms with Gasteiger partial charge in [-0.05, 0) is 29.8 Å². The van der Waals surface area contributed by atoms with Crippen LogP contribution in [0, 0.1) is 0 Å². The summed E-state index contributed by atoms with van der Waals surface area (Å²) in [6.45, 7) is 0.784. The van der Waals surface area contributed by atoms with E-state index >= 15 is 0 Å². The Morgan fingerprint density at radius 1 is 0.963 bits per heavy atom. The van der Waals surface area contributed by atoms with Gasteiger partial charge in [0.05, 0.1) is 0 Å². The molecule has 0 aliphatic rings. The number of amides is 1. The number of ether oxygens (including phenoxy) is 1. The molecule has 5 heteroatoms. The Kier molecular flexibility index (Phi) is 6.05. The van der Waals surface area contributed by atoms with E-state index in [1.165, 1.54) is 0 Å². The third kappa shape index (κ3) is 5.57. The minimum Gasteiger partial charge on any atom is -0.489 e. The SMILES string of the molecule is CN(C)c1cc[n+](CC(=O)Nc2ccc(OCc3ccccc3)cc2)cc1. The first kappa shape index (κ1) is 18.5. The van der Waals surface area contributed by atoms with Crippen molar-refractivity contribution in [2.45, 2.75) is 13.2 Å². The summed E-state index contributed by atoms with van der Waals surface area (Å²) in [6, 6.07) is 21.4. The van der Waals surface area contributed by atoms with Gasteiger partial charge >= 0.3 is 0 Å². The van der Waals surface area contributed by atoms with Crippen LogP contribution >= 0.6 is 0 Å². The first-order valence-corrected chi connectivity index (χ1v) is 8.83. The Balaban J connectivity index is 1.50. The Bertz CT molecular complexity index is 860. The van der Waals surface area contributed by atoms with Crippen molar-refractivity contribution in [3.8, 4) is 5.75 Å². The molecule has 0 aliphatic carbocycles. The van der Waals surface area contributed by atoms with Gasteiger partial charge in [0.25, 0.3) is 5.91 Å². The van der Waals surface area contributed by atoms with Crippen molar-refractivity contribution < 1.29 is 14.1 Å². The lowest BCUT2D eigenvalue weighted by Crippen LogP contribution is -2.39. The van der Waals surface area contributed by atoms with Crippen molar-refractivity contribution in [2.24, 2.45) is 0 Å². The Morgan fingerprint density at radius 2 is 1.63 bits per heavy atom. The number of pyridine rings is 1. The first-order chi connectivity index (χ1) is 13.1. The van der Waals surface area contributed by atoms with Gasteiger partial charge in [0, 0.05) is 37.6 Å². The van der Waals surface area contributed by atoms with Crippen LogP contribution in [0.4, 0.5) is 11.4 Å². The number of hydrogen-bond donors (Lipinski definition) is 1. The lowest BCUT2D eigenvalue weighted by atomic mass is 10.2. The second kappa shape index (κ2) is 8.85. The lowest BCUT2D eigenvalue weighted by molar-refractivity contribution is -0.684. The number of nitrogens with zero attached hydrogens (tertiary/aromatic N) is 2. The summed E-state index contributed by atoms with van der Waals surface area (Å²) in [4.78, 5) is 14.2. The van der Waals surface area contributed by atoms with Crippen LogP contribution in [0.5, 0.6) is 5.75 Å². The van der Waals surface area contributed by atoms with Crippen molar-refractivity contribution in [3.63, 3.8) is 0 Å². The van der Waals surface area contributed by atoms with E-state index < -0.39 is 0 Å². The Labute approximate surface area is 159 Å². The van der Waals surface area contributed by atoms with Crippen molar-refractivity contribution in [1.29, 1.82) is 0 Å². The molecule has 0 radical (unpaired) electrons. The average molecular weight is 362 g/mol. The lowest BCUT2D eigenvalue weighted by Gasteiger charge is -2.10. The quantitative estimate of drug-likeness (QED) is 0.656. The molecule has 1 amide bonds. The van der Waals surface area contributed by atoms with Crippen LogP contribution in [0.1, 0.15) is 5.56 Å². The molecule has 27 heavy (non-hydrogen) atoms. The van der Waals surface area contributed by atoms with E-state index in [-0.39, 0.29) is 12.5 Å². The zero-order valence-electron chi connectivity index (χ0n) is 15.6. The molecule has 0 spiro atoms. The highest BCUT2D eigenvalue weighted by Crippen LogP contribution is 2.17. The highest BCUT2D eigenvalue weighted by molar-refractivity contribution is 5.89. The fourth-order valence-corrected chi connectivity index (χ4v) is 2.59. The van der Waals surface area contributed by atoms with Gasteiger partial charge in [0.2, 0.25) is 6.54 Å². The third-order valence-electron chi connectivity index (χ3n) is 4.10. The number of anilines is 2. The maximum atomic E-state index is 12.2. The predicted molar refractivity (Wildman–Crippen MR) is 107 cm³/mol. The summed E-state index contributed by atoms with van der Waals surface area (Å²) in [5, 5.41) is 2.90. The van der Waals surface area contributed by atoms with Gasteiger partial charge in [-0.2, -0.15) is 4.57 Å². The maximum absolute atomic E-state index is 12.2. The minimum absolute atomic E-state index is 0.0736. The van der Waals surface area contributed by atoms with Crippen molar-refractivity contribution in [1.82, 2.24) is 0 Å². The topological polar surface area (TPSA) is 45.5 Å². The molecule has 0 bridgehead atoms. The molecule has 1 aromatic heterocycles. The van der Waals surface area contributed by atoms with Crippen LogP contribution in [0.3, 0.4) is 0 Å². The van der Waals surface area contributed by atoms with Crippen LogP contribution in [0.15, 0.2) is 79.1 Å². The molecule has 3 aromatic rings. The van der Waals surface area contributed by atoms with Gasteiger partial charge in [-0.15, -0.1) is 0 Å². The van der Waals surface area contributed by atoms with E-state index in [2.05, 4.69) is 5.32 Å². The number of carbonyl (C=O) groups is 1. The second-order valence-corrected chi connectivity index (χ2v) is 6.47. The van der Waals surface area contributed by atoms with Crippen molar-refractivity contribution in [2.75, 3.05) is 24.3 Å². The summed E-state index contributed by atoms with van der Waals surface area (Å²) in [5.41, 5.74) is 2.96. The van der Waals surface area contributed by atoms with Crippen LogP contribution in [0.2, 0.25) is 0 Å². The molecule has 138 valence electrons. The number of hydrogen-bond acceptors (Lipinski definition) is 3. The number of carbonyl (C=O) groups excluding carboxylic acids is 1. The van der Waals surface area contributed by atoms with Crippen molar-refractivity contribution in [3.05, 3.63) is 84.7 Å². The summed E-state index contributed by atoms with van der Waals surface area (Å²) in [6.07, 6.45) is 3.80. The van der Waals surface area contributed by atoms with E-state index in [9.17, 15) is 4.79 Å². The van der Waals surface area contributed by atoms with Crippen LogP contribution in [-0.4, -0.2) is 20.0 Å². The van der Waals surface area contributed by atoms with Crippen LogP contribution in [-0.2, 0) is 17.9 Å². The number of aromatic nitrogens is 1. The second-order valence-electron chi connectivity index (χ2n) is 6.47. The van der Waals surface area contributed by atoms with E-state index in [1.807, 2.05) is 103 Å². The summed E-state index contributed by atoms with van der Waals surface area (Å²) in [7, 11) is 3.97. The Morgan fingerprint density at radius 3 is 2.26 bits per heavy atom. The summed E-state index contributed by atoms with van der Waals surface area (Å²) < 4.78 is 7.60. The fourth-order valence-electron chi connectivity index (χ4n) is 2.59. The van der Waals surface area contributed by atoms with Gasteiger partial charge in [0.1, 0.15) is 12.4 Å². The molecule has 0 saturated heterocycles. The van der Waals surface area contributed by atoms with Gasteiger partial charge < -0.3 is 15.0 Å². The van der Waals surface area contributed by atoms with Crippen LogP contribution in [0.25, 0.3) is 0 Å². The fraction of sp³-hybridized carbons (Fsp3) is 0.182. The smallest absolute Gasteiger partial charge is 0.290 e. The molecule has 1 heterocycles. The molecular formula is C22H24N3O2+. The molecule has 5 nitrogen and oxygen atoms in total. The Hall–Kier alpha value is -3.34. The highest BCUT2D eigenvalue weighted by atomic mass is 16.5. The highest BCUT2D eigenvalue weighted by Gasteiger charge is 2.10. The van der Waals surface area contributed by atoms with E-state index in [1.54, 1.807) is 0 Å². The number of benzene rings is 2. The van der Waals surface area contributed by atoms with Crippen molar-refractivity contribution >= 4 is 17.3 Å². The molecule has 1 N–H and O–H groups in total. The molecule has 0 saturated carbocycles. The van der Waals surface area contributed by atoms with E-state index in [4.69, 9.17) is 4.74 Å².